The van der Waals surface area contributed by atoms with Crippen molar-refractivity contribution in [3.8, 4) is 0 Å². The lowest BCUT2D eigenvalue weighted by Crippen LogP contribution is -2.04. The van der Waals surface area contributed by atoms with Crippen molar-refractivity contribution < 1.29 is 4.92 Å². The highest BCUT2D eigenvalue weighted by atomic mass is 79.9. The summed E-state index contributed by atoms with van der Waals surface area (Å²) in [6.45, 7) is 4.45. The van der Waals surface area contributed by atoms with Crippen LogP contribution in [0.1, 0.15) is 16.7 Å². The molecule has 0 amide bonds. The van der Waals surface area contributed by atoms with Gasteiger partial charge in [0.25, 0.3) is 5.69 Å². The summed E-state index contributed by atoms with van der Waals surface area (Å²) in [7, 11) is 0. The van der Waals surface area contributed by atoms with Crippen LogP contribution in [0.3, 0.4) is 0 Å². The smallest absolute Gasteiger partial charge is 0.269 e. The zero-order chi connectivity index (χ0) is 15.6. The summed E-state index contributed by atoms with van der Waals surface area (Å²) in [5.41, 5.74) is 3.96. The fourth-order valence-corrected chi connectivity index (χ4v) is 3.05. The molecule has 0 aliphatic rings. The highest BCUT2D eigenvalue weighted by molar-refractivity contribution is 9.10. The van der Waals surface area contributed by atoms with Gasteiger partial charge in [0.1, 0.15) is 0 Å². The third-order valence-corrected chi connectivity index (χ3v) is 4.02. The third-order valence-electron chi connectivity index (χ3n) is 3.19. The van der Waals surface area contributed by atoms with Gasteiger partial charge in [0.05, 0.1) is 4.92 Å². The van der Waals surface area contributed by atoms with Gasteiger partial charge in [-0.05, 0) is 48.7 Å². The summed E-state index contributed by atoms with van der Waals surface area (Å²) in [5, 5.41) is 14.6. The Morgan fingerprint density at radius 2 is 1.86 bits per heavy atom. The molecule has 0 unspecified atom stereocenters. The van der Waals surface area contributed by atoms with Crippen LogP contribution in [0, 0.1) is 24.0 Å². The number of rotatable bonds is 4. The van der Waals surface area contributed by atoms with Gasteiger partial charge in [0, 0.05) is 33.9 Å². The molecular weight excluding hydrogens is 356 g/mol. The number of anilines is 1. The Balaban J connectivity index is 2.24. The Hall–Kier alpha value is -1.59. The molecule has 6 heteroatoms. The minimum absolute atomic E-state index is 0.0421. The van der Waals surface area contributed by atoms with Crippen molar-refractivity contribution in [3.63, 3.8) is 0 Å². The highest BCUT2D eigenvalue weighted by Gasteiger charge is 2.11. The molecule has 0 fully saturated rings. The van der Waals surface area contributed by atoms with E-state index in [4.69, 9.17) is 11.6 Å². The fourth-order valence-electron chi connectivity index (χ4n) is 2.18. The average molecular weight is 370 g/mol. The van der Waals surface area contributed by atoms with Gasteiger partial charge in [-0.3, -0.25) is 10.1 Å². The van der Waals surface area contributed by atoms with E-state index < -0.39 is 4.92 Å². The Kier molecular flexibility index (Phi) is 4.85. The summed E-state index contributed by atoms with van der Waals surface area (Å²) in [4.78, 5) is 10.4. The highest BCUT2D eigenvalue weighted by Crippen LogP contribution is 2.27. The summed E-state index contributed by atoms with van der Waals surface area (Å²) in [5.74, 6) is 0. The molecule has 21 heavy (non-hydrogen) atoms. The van der Waals surface area contributed by atoms with E-state index in [2.05, 4.69) is 21.2 Å². The SMILES string of the molecule is Cc1cc(Br)cc(C)c1NCc1cc([N+](=O)[O-])ccc1Cl. The molecule has 4 nitrogen and oxygen atoms in total. The van der Waals surface area contributed by atoms with E-state index in [1.165, 1.54) is 12.1 Å². The van der Waals surface area contributed by atoms with Gasteiger partial charge in [-0.1, -0.05) is 27.5 Å². The molecule has 0 bridgehead atoms. The van der Waals surface area contributed by atoms with E-state index in [9.17, 15) is 10.1 Å². The molecule has 0 saturated carbocycles. The van der Waals surface area contributed by atoms with Gasteiger partial charge in [-0.2, -0.15) is 0 Å². The number of aryl methyl sites for hydroxylation is 2. The molecule has 0 spiro atoms. The fraction of sp³-hybridized carbons (Fsp3) is 0.200. The van der Waals surface area contributed by atoms with Crippen molar-refractivity contribution >= 4 is 38.9 Å². The molecule has 0 heterocycles. The van der Waals surface area contributed by atoms with Crippen LogP contribution in [0.4, 0.5) is 11.4 Å². The van der Waals surface area contributed by atoms with E-state index >= 15 is 0 Å². The number of benzene rings is 2. The maximum absolute atomic E-state index is 10.8. The van der Waals surface area contributed by atoms with Gasteiger partial charge in [0.2, 0.25) is 0 Å². The number of nitrogens with zero attached hydrogens (tertiary/aromatic N) is 1. The van der Waals surface area contributed by atoms with E-state index in [0.717, 1.165) is 21.3 Å². The lowest BCUT2D eigenvalue weighted by atomic mass is 10.1. The summed E-state index contributed by atoms with van der Waals surface area (Å²) < 4.78 is 1.02. The van der Waals surface area contributed by atoms with Crippen molar-refractivity contribution in [2.24, 2.45) is 0 Å². The van der Waals surface area contributed by atoms with E-state index in [0.29, 0.717) is 17.1 Å². The standard InChI is InChI=1S/C15H14BrClN2O2/c1-9-5-12(16)6-10(2)15(9)18-8-11-7-13(19(20)21)3-4-14(11)17/h3-7,18H,8H2,1-2H3. The lowest BCUT2D eigenvalue weighted by molar-refractivity contribution is -0.384. The molecule has 2 aromatic carbocycles. The van der Waals surface area contributed by atoms with Crippen LogP contribution < -0.4 is 5.32 Å². The number of nitrogens with one attached hydrogen (secondary N) is 1. The van der Waals surface area contributed by atoms with Crippen molar-refractivity contribution in [1.82, 2.24) is 0 Å². The minimum atomic E-state index is -0.421. The Morgan fingerprint density at radius 1 is 1.24 bits per heavy atom. The topological polar surface area (TPSA) is 55.2 Å². The minimum Gasteiger partial charge on any atom is -0.380 e. The van der Waals surface area contributed by atoms with Gasteiger partial charge in [-0.15, -0.1) is 0 Å². The maximum atomic E-state index is 10.8. The van der Waals surface area contributed by atoms with E-state index in [1.807, 2.05) is 26.0 Å². The summed E-state index contributed by atoms with van der Waals surface area (Å²) in [6, 6.07) is 8.49. The van der Waals surface area contributed by atoms with Gasteiger partial charge < -0.3 is 5.32 Å². The van der Waals surface area contributed by atoms with E-state index in [-0.39, 0.29) is 5.69 Å². The number of hydrogen-bond donors (Lipinski definition) is 1. The summed E-state index contributed by atoms with van der Waals surface area (Å²) in [6.07, 6.45) is 0. The van der Waals surface area contributed by atoms with Crippen molar-refractivity contribution in [2.75, 3.05) is 5.32 Å². The first-order valence-electron chi connectivity index (χ1n) is 6.32. The predicted molar refractivity (Wildman–Crippen MR) is 89.0 cm³/mol. The van der Waals surface area contributed by atoms with Crippen LogP contribution in [0.5, 0.6) is 0 Å². The van der Waals surface area contributed by atoms with Crippen LogP contribution >= 0.6 is 27.5 Å². The van der Waals surface area contributed by atoms with Crippen LogP contribution in [0.15, 0.2) is 34.8 Å². The Morgan fingerprint density at radius 3 is 2.43 bits per heavy atom. The largest absolute Gasteiger partial charge is 0.380 e. The second-order valence-corrected chi connectivity index (χ2v) is 6.12. The number of nitro groups is 1. The van der Waals surface area contributed by atoms with Crippen LogP contribution in [0.25, 0.3) is 0 Å². The zero-order valence-electron chi connectivity index (χ0n) is 11.6. The van der Waals surface area contributed by atoms with Crippen LogP contribution in [0.2, 0.25) is 5.02 Å². The quantitative estimate of drug-likeness (QED) is 0.592. The van der Waals surface area contributed by atoms with Crippen molar-refractivity contribution in [1.29, 1.82) is 0 Å². The molecule has 0 aliphatic heterocycles. The normalized spacial score (nSPS) is 10.5. The van der Waals surface area contributed by atoms with Crippen molar-refractivity contribution in [3.05, 3.63) is 66.6 Å². The monoisotopic (exact) mass is 368 g/mol. The maximum Gasteiger partial charge on any atom is 0.269 e. The molecule has 0 aromatic heterocycles. The first-order valence-corrected chi connectivity index (χ1v) is 7.49. The second-order valence-electron chi connectivity index (χ2n) is 4.80. The zero-order valence-corrected chi connectivity index (χ0v) is 14.0. The molecule has 110 valence electrons. The first kappa shape index (κ1) is 15.8. The molecular formula is C15H14BrClN2O2. The van der Waals surface area contributed by atoms with Crippen LogP contribution in [-0.4, -0.2) is 4.92 Å². The Bertz CT molecular complexity index is 681. The van der Waals surface area contributed by atoms with Crippen molar-refractivity contribution in [2.45, 2.75) is 20.4 Å². The number of halogens is 2. The molecule has 1 N–H and O–H groups in total. The molecule has 0 atom stereocenters. The lowest BCUT2D eigenvalue weighted by Gasteiger charge is -2.14. The third kappa shape index (κ3) is 3.74. The molecule has 0 aliphatic carbocycles. The van der Waals surface area contributed by atoms with Gasteiger partial charge in [0.15, 0.2) is 0 Å². The Labute approximate surface area is 136 Å². The summed E-state index contributed by atoms with van der Waals surface area (Å²) >= 11 is 9.56. The molecule has 2 aromatic rings. The predicted octanol–water partition coefficient (Wildman–Crippen LogP) is 5.24. The first-order chi connectivity index (χ1) is 9.88. The molecule has 0 saturated heterocycles. The molecule has 0 radical (unpaired) electrons. The van der Waals surface area contributed by atoms with E-state index in [1.54, 1.807) is 6.07 Å². The van der Waals surface area contributed by atoms with Crippen LogP contribution in [-0.2, 0) is 6.54 Å². The number of non-ortho nitro benzene ring substituents is 1. The molecule has 2 rings (SSSR count). The van der Waals surface area contributed by atoms with Gasteiger partial charge in [-0.25, -0.2) is 0 Å². The number of hydrogen-bond acceptors (Lipinski definition) is 3. The number of nitro benzene ring substituents is 1. The second kappa shape index (κ2) is 6.45. The van der Waals surface area contributed by atoms with Gasteiger partial charge >= 0.3 is 0 Å². The average Bonchev–Trinajstić information content (AvgIpc) is 2.39.